The van der Waals surface area contributed by atoms with Crippen LogP contribution in [-0.2, 0) is 4.74 Å². The van der Waals surface area contributed by atoms with Crippen molar-refractivity contribution >= 4 is 28.5 Å². The number of aromatic nitrogens is 4. The van der Waals surface area contributed by atoms with Gasteiger partial charge in [0.05, 0.1) is 30.5 Å². The molecule has 9 nitrogen and oxygen atoms in total. The van der Waals surface area contributed by atoms with Crippen LogP contribution in [0.2, 0.25) is 0 Å². The smallest absolute Gasteiger partial charge is 0.183 e. The number of rotatable bonds is 2. The molecule has 3 aliphatic rings. The molecular weight excluding hydrogens is 428 g/mol. The van der Waals surface area contributed by atoms with Crippen LogP contribution >= 0.6 is 0 Å². The largest absolute Gasteiger partial charge is 0.376 e. The fourth-order valence-electron chi connectivity index (χ4n) is 5.86. The van der Waals surface area contributed by atoms with Crippen LogP contribution in [0, 0.1) is 16.7 Å². The van der Waals surface area contributed by atoms with Gasteiger partial charge in [0.1, 0.15) is 5.82 Å². The highest BCUT2D eigenvalue weighted by Gasteiger charge is 2.47. The van der Waals surface area contributed by atoms with Gasteiger partial charge in [0.15, 0.2) is 17.0 Å². The summed E-state index contributed by atoms with van der Waals surface area (Å²) in [6.07, 6.45) is 4.97. The van der Waals surface area contributed by atoms with E-state index in [1.807, 2.05) is 24.4 Å². The van der Waals surface area contributed by atoms with E-state index >= 15 is 0 Å². The van der Waals surface area contributed by atoms with Gasteiger partial charge in [-0.25, -0.2) is 9.97 Å². The number of hydrogen-bond donors (Lipinski definition) is 2. The summed E-state index contributed by atoms with van der Waals surface area (Å²) < 4.78 is 5.86. The zero-order valence-electron chi connectivity index (χ0n) is 19.7. The van der Waals surface area contributed by atoms with Crippen molar-refractivity contribution in [2.75, 3.05) is 36.0 Å². The molecule has 5 heterocycles. The molecule has 3 aromatic rings. The molecule has 2 aromatic heterocycles. The fourth-order valence-corrected chi connectivity index (χ4v) is 5.86. The first kappa shape index (κ1) is 21.3. The van der Waals surface area contributed by atoms with Crippen molar-refractivity contribution in [1.29, 1.82) is 5.26 Å². The zero-order chi connectivity index (χ0) is 23.4. The van der Waals surface area contributed by atoms with Crippen LogP contribution in [0.1, 0.15) is 50.2 Å². The summed E-state index contributed by atoms with van der Waals surface area (Å²) in [6, 6.07) is 8.23. The number of nitrogens with two attached hydrogens (primary N) is 1. The Balaban J connectivity index is 1.26. The van der Waals surface area contributed by atoms with Gasteiger partial charge in [0.2, 0.25) is 0 Å². The second-order valence-corrected chi connectivity index (χ2v) is 10.1. The van der Waals surface area contributed by atoms with Crippen LogP contribution in [-0.4, -0.2) is 58.6 Å². The van der Waals surface area contributed by atoms with E-state index in [-0.39, 0.29) is 17.6 Å². The molecule has 0 unspecified atom stereocenters. The Morgan fingerprint density at radius 1 is 1.24 bits per heavy atom. The first-order valence-electron chi connectivity index (χ1n) is 12.1. The van der Waals surface area contributed by atoms with Gasteiger partial charge in [-0.2, -0.15) is 10.4 Å². The fraction of sp³-hybridized carbons (Fsp3) is 0.520. The summed E-state index contributed by atoms with van der Waals surface area (Å²) in [6.45, 7) is 7.67. The lowest BCUT2D eigenvalue weighted by Gasteiger charge is -2.41. The second kappa shape index (κ2) is 7.93. The number of anilines is 3. The topological polar surface area (TPSA) is 120 Å². The van der Waals surface area contributed by atoms with E-state index < -0.39 is 0 Å². The Morgan fingerprint density at radius 2 is 2.06 bits per heavy atom. The third kappa shape index (κ3) is 3.24. The zero-order valence-corrected chi connectivity index (χ0v) is 19.7. The van der Waals surface area contributed by atoms with Gasteiger partial charge in [0.25, 0.3) is 0 Å². The average molecular weight is 459 g/mol. The molecule has 2 saturated heterocycles. The van der Waals surface area contributed by atoms with Crippen LogP contribution in [0.25, 0.3) is 11.2 Å². The molecular formula is C25H30N8O. The minimum atomic E-state index is 0.0821. The predicted octanol–water partition coefficient (Wildman–Crippen LogP) is 3.20. The number of nitrogens with one attached hydrogen (secondary N) is 1. The molecule has 3 aliphatic heterocycles. The number of piperidine rings is 1. The highest BCUT2D eigenvalue weighted by Crippen LogP contribution is 2.43. The molecule has 34 heavy (non-hydrogen) atoms. The Bertz CT molecular complexity index is 1270. The van der Waals surface area contributed by atoms with Gasteiger partial charge in [-0.1, -0.05) is 6.92 Å². The van der Waals surface area contributed by atoms with Gasteiger partial charge >= 0.3 is 0 Å². The Labute approximate surface area is 198 Å². The van der Waals surface area contributed by atoms with E-state index in [9.17, 15) is 5.26 Å². The summed E-state index contributed by atoms with van der Waals surface area (Å²) in [5.74, 6) is 2.04. The van der Waals surface area contributed by atoms with Crippen LogP contribution < -0.4 is 15.5 Å². The lowest BCUT2D eigenvalue weighted by Crippen LogP contribution is -2.50. The number of hydrogen-bond acceptors (Lipinski definition) is 8. The average Bonchev–Trinajstić information content (AvgIpc) is 3.41. The highest BCUT2D eigenvalue weighted by molar-refractivity contribution is 5.88. The first-order valence-corrected chi connectivity index (χ1v) is 12.1. The standard InChI is InChI=1S/C25H30N8O/c1-15-5-8-33(19-4-3-17(12-26)11-18(15)19)24-21-23(30-31-24)29-20(13-28-21)32-9-6-25(7-10-32)14-34-16(2)22(25)27/h3-4,11,13,15-16,22H,5-10,14,27H2,1-2H3,(H,29,30,31)/t15-,16-,22+/m0/s1. The molecule has 1 aromatic carbocycles. The molecule has 1 spiro atoms. The van der Waals surface area contributed by atoms with Crippen molar-refractivity contribution in [2.45, 2.75) is 51.2 Å². The predicted molar refractivity (Wildman–Crippen MR) is 130 cm³/mol. The number of benzene rings is 1. The number of H-pyrrole nitrogens is 1. The molecule has 0 saturated carbocycles. The maximum Gasteiger partial charge on any atom is 0.183 e. The van der Waals surface area contributed by atoms with Crippen molar-refractivity contribution in [3.8, 4) is 6.07 Å². The van der Waals surface area contributed by atoms with Crippen molar-refractivity contribution < 1.29 is 4.74 Å². The van der Waals surface area contributed by atoms with Crippen molar-refractivity contribution in [3.05, 3.63) is 35.5 Å². The number of fused-ring (bicyclic) bond motifs is 2. The maximum absolute atomic E-state index is 9.32. The van der Waals surface area contributed by atoms with Gasteiger partial charge in [0, 0.05) is 36.8 Å². The van der Waals surface area contributed by atoms with Crippen molar-refractivity contribution in [1.82, 2.24) is 20.2 Å². The van der Waals surface area contributed by atoms with E-state index in [2.05, 4.69) is 39.9 Å². The van der Waals surface area contributed by atoms with Crippen LogP contribution in [0.4, 0.5) is 17.3 Å². The summed E-state index contributed by atoms with van der Waals surface area (Å²) in [5, 5.41) is 17.0. The van der Waals surface area contributed by atoms with Crippen LogP contribution in [0.15, 0.2) is 24.4 Å². The number of nitrogens with zero attached hydrogens (tertiary/aromatic N) is 6. The molecule has 0 amide bonds. The second-order valence-electron chi connectivity index (χ2n) is 10.1. The SMILES string of the molecule is C[C@@H]1OCC2(CCN(c3cnc4c(N5CC[C@H](C)c6cc(C#N)ccc65)n[nH]c4n3)CC2)[C@@H]1N. The molecule has 0 radical (unpaired) electrons. The van der Waals surface area contributed by atoms with Crippen LogP contribution in [0.3, 0.4) is 0 Å². The lowest BCUT2D eigenvalue weighted by atomic mass is 9.73. The van der Waals surface area contributed by atoms with Gasteiger partial charge < -0.3 is 20.3 Å². The van der Waals surface area contributed by atoms with E-state index in [1.165, 1.54) is 5.56 Å². The van der Waals surface area contributed by atoms with Gasteiger partial charge in [-0.05, 0) is 55.9 Å². The monoisotopic (exact) mass is 458 g/mol. The van der Waals surface area contributed by atoms with Crippen molar-refractivity contribution in [2.24, 2.45) is 11.1 Å². The highest BCUT2D eigenvalue weighted by atomic mass is 16.5. The third-order valence-corrected chi connectivity index (χ3v) is 8.19. The minimum absolute atomic E-state index is 0.0821. The molecule has 2 fully saturated rings. The van der Waals surface area contributed by atoms with E-state index in [0.717, 1.165) is 68.3 Å². The minimum Gasteiger partial charge on any atom is -0.376 e. The molecule has 0 aliphatic carbocycles. The molecule has 9 heteroatoms. The quantitative estimate of drug-likeness (QED) is 0.601. The number of aromatic amines is 1. The van der Waals surface area contributed by atoms with Gasteiger partial charge in [-0.15, -0.1) is 0 Å². The van der Waals surface area contributed by atoms with E-state index in [1.54, 1.807) is 0 Å². The Morgan fingerprint density at radius 3 is 2.79 bits per heavy atom. The number of ether oxygens (including phenoxy) is 1. The Hall–Kier alpha value is -3.22. The maximum atomic E-state index is 9.32. The lowest BCUT2D eigenvalue weighted by molar-refractivity contribution is 0.0974. The molecule has 0 bridgehead atoms. The number of nitriles is 1. The van der Waals surface area contributed by atoms with E-state index in [4.69, 9.17) is 20.4 Å². The van der Waals surface area contributed by atoms with Crippen molar-refractivity contribution in [3.63, 3.8) is 0 Å². The van der Waals surface area contributed by atoms with E-state index in [0.29, 0.717) is 17.1 Å². The molecule has 176 valence electrons. The molecule has 6 rings (SSSR count). The summed E-state index contributed by atoms with van der Waals surface area (Å²) in [7, 11) is 0. The molecule has 3 atom stereocenters. The summed E-state index contributed by atoms with van der Waals surface area (Å²) in [5.41, 5.74) is 11.0. The summed E-state index contributed by atoms with van der Waals surface area (Å²) in [4.78, 5) is 14.1. The third-order valence-electron chi connectivity index (χ3n) is 8.19. The summed E-state index contributed by atoms with van der Waals surface area (Å²) >= 11 is 0. The molecule has 3 N–H and O–H groups in total. The van der Waals surface area contributed by atoms with Crippen LogP contribution in [0.5, 0.6) is 0 Å². The van der Waals surface area contributed by atoms with Gasteiger partial charge in [-0.3, -0.25) is 5.10 Å². The Kier molecular flexibility index (Phi) is 4.97. The first-order chi connectivity index (χ1) is 16.5. The normalized spacial score (nSPS) is 26.1.